The van der Waals surface area contributed by atoms with Crippen LogP contribution in [-0.4, -0.2) is 12.3 Å². The van der Waals surface area contributed by atoms with E-state index in [0.29, 0.717) is 11.2 Å². The van der Waals surface area contributed by atoms with E-state index in [9.17, 15) is 8.78 Å². The minimum atomic E-state index is -0.821. The fourth-order valence-electron chi connectivity index (χ4n) is 2.64. The molecule has 3 atom stereocenters. The van der Waals surface area contributed by atoms with Crippen molar-refractivity contribution in [2.75, 3.05) is 6.61 Å². The molecule has 3 unspecified atom stereocenters. The molecule has 3 rings (SSSR count). The van der Waals surface area contributed by atoms with Crippen molar-refractivity contribution in [2.45, 2.75) is 24.6 Å². The summed E-state index contributed by atoms with van der Waals surface area (Å²) in [5.41, 5.74) is 2.58. The summed E-state index contributed by atoms with van der Waals surface area (Å²) in [6, 6.07) is 11.8. The normalized spacial score (nSPS) is 22.2. The largest absolute Gasteiger partial charge is 0.373 e. The third-order valence-electron chi connectivity index (χ3n) is 3.86. The van der Waals surface area contributed by atoms with E-state index in [4.69, 9.17) is 4.74 Å². The van der Waals surface area contributed by atoms with Crippen LogP contribution in [0.4, 0.5) is 8.78 Å². The van der Waals surface area contributed by atoms with Gasteiger partial charge in [-0.2, -0.15) is 0 Å². The summed E-state index contributed by atoms with van der Waals surface area (Å²) >= 11 is 0. The van der Waals surface area contributed by atoms with Crippen molar-refractivity contribution in [3.63, 3.8) is 0 Å². The quantitative estimate of drug-likeness (QED) is 0.729. The summed E-state index contributed by atoms with van der Waals surface area (Å²) in [6.07, 6.45) is 2.21. The molecular weight excluding hydrogens is 289 g/mol. The van der Waals surface area contributed by atoms with Crippen LogP contribution in [0.3, 0.4) is 0 Å². The van der Waals surface area contributed by atoms with Gasteiger partial charge < -0.3 is 4.74 Å². The Bertz CT molecular complexity index is 619. The van der Waals surface area contributed by atoms with Gasteiger partial charge in [-0.3, -0.25) is 0 Å². The number of benzene rings is 2. The Hall–Kier alpha value is -1.31. The second kappa shape index (κ2) is 6.21. The van der Waals surface area contributed by atoms with Crippen molar-refractivity contribution in [1.82, 2.24) is 0 Å². The number of hydrogen-bond donors (Lipinski definition) is 0. The molecule has 4 heteroatoms. The molecule has 0 bridgehead atoms. The summed E-state index contributed by atoms with van der Waals surface area (Å²) in [7, 11) is 2.79. The van der Waals surface area contributed by atoms with E-state index in [-0.39, 0.29) is 11.7 Å². The van der Waals surface area contributed by atoms with E-state index in [1.807, 2.05) is 24.3 Å². The van der Waals surface area contributed by atoms with Gasteiger partial charge >= 0.3 is 0 Å². The van der Waals surface area contributed by atoms with Gasteiger partial charge in [-0.05, 0) is 35.7 Å². The monoisotopic (exact) mass is 306 g/mol. The van der Waals surface area contributed by atoms with Gasteiger partial charge in [0.05, 0.1) is 12.7 Å². The van der Waals surface area contributed by atoms with Crippen LogP contribution >= 0.6 is 9.24 Å². The van der Waals surface area contributed by atoms with E-state index < -0.39 is 11.6 Å². The van der Waals surface area contributed by atoms with Gasteiger partial charge in [-0.1, -0.05) is 36.4 Å². The molecule has 110 valence electrons. The zero-order valence-corrected chi connectivity index (χ0v) is 12.7. The van der Waals surface area contributed by atoms with Gasteiger partial charge in [0.25, 0.3) is 0 Å². The van der Waals surface area contributed by atoms with Crippen molar-refractivity contribution in [2.24, 2.45) is 0 Å². The van der Waals surface area contributed by atoms with Gasteiger partial charge in [0.2, 0.25) is 0 Å². The molecule has 2 aromatic rings. The molecule has 0 aromatic heterocycles. The zero-order valence-electron chi connectivity index (χ0n) is 11.6. The Balaban J connectivity index is 1.82. The molecule has 1 aliphatic rings. The highest BCUT2D eigenvalue weighted by Gasteiger charge is 2.20. The van der Waals surface area contributed by atoms with Crippen LogP contribution in [0.1, 0.15) is 24.5 Å². The summed E-state index contributed by atoms with van der Waals surface area (Å²) in [4.78, 5) is 0. The van der Waals surface area contributed by atoms with Crippen LogP contribution in [0.25, 0.3) is 11.1 Å². The van der Waals surface area contributed by atoms with Crippen LogP contribution in [0.15, 0.2) is 42.5 Å². The maximum Gasteiger partial charge on any atom is 0.166 e. The first-order valence-electron chi connectivity index (χ1n) is 7.06. The molecule has 0 saturated carbocycles. The molecule has 1 heterocycles. The molecule has 0 N–H and O–H groups in total. The first-order valence-corrected chi connectivity index (χ1v) is 7.73. The third-order valence-corrected chi connectivity index (χ3v) is 4.38. The van der Waals surface area contributed by atoms with E-state index in [0.717, 1.165) is 31.1 Å². The first-order chi connectivity index (χ1) is 10.1. The predicted octanol–water partition coefficient (Wildman–Crippen LogP) is 4.73. The molecule has 0 radical (unpaired) electrons. The molecule has 0 aliphatic carbocycles. The molecular formula is C17H17F2OP. The SMILES string of the molecule is Fc1cccc(-c2ccc(C3CCC(P)CO3)cc2)c1F. The van der Waals surface area contributed by atoms with Crippen molar-refractivity contribution >= 4 is 9.24 Å². The molecule has 2 aromatic carbocycles. The lowest BCUT2D eigenvalue weighted by Crippen LogP contribution is -2.20. The molecule has 1 saturated heterocycles. The predicted molar refractivity (Wildman–Crippen MR) is 83.2 cm³/mol. The number of halogens is 2. The highest BCUT2D eigenvalue weighted by molar-refractivity contribution is 7.17. The topological polar surface area (TPSA) is 9.23 Å². The average molecular weight is 306 g/mol. The lowest BCUT2D eigenvalue weighted by Gasteiger charge is -2.27. The fraction of sp³-hybridized carbons (Fsp3) is 0.294. The lowest BCUT2D eigenvalue weighted by molar-refractivity contribution is 0.0185. The van der Waals surface area contributed by atoms with Crippen LogP contribution in [0.5, 0.6) is 0 Å². The van der Waals surface area contributed by atoms with Crippen molar-refractivity contribution in [3.05, 3.63) is 59.7 Å². The third kappa shape index (κ3) is 3.14. The first kappa shape index (κ1) is 14.6. The summed E-state index contributed by atoms with van der Waals surface area (Å²) in [5.74, 6) is -1.62. The van der Waals surface area contributed by atoms with Gasteiger partial charge in [-0.15, -0.1) is 9.24 Å². The molecule has 1 aliphatic heterocycles. The van der Waals surface area contributed by atoms with Crippen LogP contribution in [0.2, 0.25) is 0 Å². The Labute approximate surface area is 125 Å². The van der Waals surface area contributed by atoms with E-state index in [1.165, 1.54) is 6.07 Å². The van der Waals surface area contributed by atoms with Crippen molar-refractivity contribution < 1.29 is 13.5 Å². The van der Waals surface area contributed by atoms with Crippen LogP contribution in [-0.2, 0) is 4.74 Å². The highest BCUT2D eigenvalue weighted by Crippen LogP contribution is 2.32. The van der Waals surface area contributed by atoms with E-state index in [2.05, 4.69) is 9.24 Å². The van der Waals surface area contributed by atoms with Gasteiger partial charge in [0, 0.05) is 5.56 Å². The second-order valence-corrected chi connectivity index (χ2v) is 6.33. The summed E-state index contributed by atoms with van der Waals surface area (Å²) in [6.45, 7) is 0.746. The molecule has 0 spiro atoms. The standard InChI is InChI=1S/C17H17F2OP/c18-15-3-1-2-14(17(15)19)11-4-6-12(7-5-11)16-9-8-13(21)10-20-16/h1-7,13,16H,8-10,21H2. The summed E-state index contributed by atoms with van der Waals surface area (Å²) < 4.78 is 32.9. The second-order valence-electron chi connectivity index (χ2n) is 5.38. The lowest BCUT2D eigenvalue weighted by atomic mass is 9.98. The minimum Gasteiger partial charge on any atom is -0.373 e. The smallest absolute Gasteiger partial charge is 0.166 e. The Morgan fingerprint density at radius 3 is 2.43 bits per heavy atom. The van der Waals surface area contributed by atoms with Gasteiger partial charge in [0.15, 0.2) is 11.6 Å². The van der Waals surface area contributed by atoms with Crippen LogP contribution < -0.4 is 0 Å². The molecule has 1 fully saturated rings. The highest BCUT2D eigenvalue weighted by atomic mass is 31.0. The van der Waals surface area contributed by atoms with Gasteiger partial charge in [0.1, 0.15) is 0 Å². The average Bonchev–Trinajstić information content (AvgIpc) is 2.51. The van der Waals surface area contributed by atoms with Crippen LogP contribution in [0, 0.1) is 11.6 Å². The fourth-order valence-corrected chi connectivity index (χ4v) is 2.94. The zero-order chi connectivity index (χ0) is 14.8. The number of ether oxygens (including phenoxy) is 1. The van der Waals surface area contributed by atoms with E-state index in [1.54, 1.807) is 6.07 Å². The Morgan fingerprint density at radius 1 is 1.00 bits per heavy atom. The van der Waals surface area contributed by atoms with Crippen molar-refractivity contribution in [1.29, 1.82) is 0 Å². The summed E-state index contributed by atoms with van der Waals surface area (Å²) in [5, 5.41) is 0. The number of hydrogen-bond acceptors (Lipinski definition) is 1. The molecule has 21 heavy (non-hydrogen) atoms. The van der Waals surface area contributed by atoms with Gasteiger partial charge in [-0.25, -0.2) is 8.78 Å². The Kier molecular flexibility index (Phi) is 4.32. The molecule has 0 amide bonds. The maximum absolute atomic E-state index is 13.8. The van der Waals surface area contributed by atoms with E-state index >= 15 is 0 Å². The van der Waals surface area contributed by atoms with Crippen molar-refractivity contribution in [3.8, 4) is 11.1 Å². The number of rotatable bonds is 2. The minimum absolute atomic E-state index is 0.105. The molecule has 1 nitrogen and oxygen atoms in total. The Morgan fingerprint density at radius 2 is 1.76 bits per heavy atom. The maximum atomic E-state index is 13.8.